The first-order valence-electron chi connectivity index (χ1n) is 7.99. The number of halogens is 1. The summed E-state index contributed by atoms with van der Waals surface area (Å²) in [6, 6.07) is 0. The van der Waals surface area contributed by atoms with Crippen LogP contribution in [0, 0.1) is 5.41 Å². The van der Waals surface area contributed by atoms with Gasteiger partial charge in [0.25, 0.3) is 16.1 Å². The SMILES string of the molecule is CC1(C)Oc2c(ncnc2N2CCC(CCl)(CNS(N)(=O)=O)C2)NC1=O. The maximum absolute atomic E-state index is 12.0. The molecule has 144 valence electrons. The largest absolute Gasteiger partial charge is 0.470 e. The van der Waals surface area contributed by atoms with Gasteiger partial charge < -0.3 is 15.0 Å². The van der Waals surface area contributed by atoms with E-state index in [4.69, 9.17) is 21.5 Å². The molecule has 0 bridgehead atoms. The molecule has 1 atom stereocenters. The Bertz CT molecular complexity index is 833. The first-order valence-corrected chi connectivity index (χ1v) is 10.1. The van der Waals surface area contributed by atoms with Crippen molar-refractivity contribution < 1.29 is 17.9 Å². The van der Waals surface area contributed by atoms with Crippen molar-refractivity contribution in [2.24, 2.45) is 10.6 Å². The van der Waals surface area contributed by atoms with Crippen LogP contribution in [0.1, 0.15) is 20.3 Å². The molecule has 0 saturated carbocycles. The molecule has 0 aromatic carbocycles. The minimum absolute atomic E-state index is 0.127. The first-order chi connectivity index (χ1) is 12.1. The van der Waals surface area contributed by atoms with E-state index >= 15 is 0 Å². The zero-order valence-corrected chi connectivity index (χ0v) is 16.0. The molecule has 0 radical (unpaired) electrons. The van der Waals surface area contributed by atoms with Gasteiger partial charge in [-0.3, -0.25) is 4.79 Å². The zero-order chi connectivity index (χ0) is 19.2. The third kappa shape index (κ3) is 3.70. The summed E-state index contributed by atoms with van der Waals surface area (Å²) < 4.78 is 30.6. The second-order valence-corrected chi connectivity index (χ2v) is 8.76. The average molecular weight is 405 g/mol. The molecular weight excluding hydrogens is 384 g/mol. The number of nitrogens with one attached hydrogen (secondary N) is 2. The van der Waals surface area contributed by atoms with Gasteiger partial charge >= 0.3 is 0 Å². The van der Waals surface area contributed by atoms with Crippen LogP contribution in [0.25, 0.3) is 0 Å². The minimum atomic E-state index is -3.80. The molecule has 1 saturated heterocycles. The van der Waals surface area contributed by atoms with E-state index in [0.29, 0.717) is 36.9 Å². The Kier molecular flexibility index (Phi) is 4.76. The van der Waals surface area contributed by atoms with Crippen LogP contribution in [0.4, 0.5) is 11.6 Å². The molecule has 1 unspecified atom stereocenters. The van der Waals surface area contributed by atoms with Crippen molar-refractivity contribution in [3.63, 3.8) is 0 Å². The highest BCUT2D eigenvalue weighted by Crippen LogP contribution is 2.42. The molecule has 1 aromatic rings. The topological polar surface area (TPSA) is 140 Å². The normalized spacial score (nSPS) is 24.8. The van der Waals surface area contributed by atoms with E-state index < -0.39 is 21.2 Å². The number of rotatable bonds is 5. The molecule has 1 aromatic heterocycles. The molecule has 3 rings (SSSR count). The summed E-state index contributed by atoms with van der Waals surface area (Å²) in [6.45, 7) is 4.50. The number of carbonyl (C=O) groups is 1. The highest BCUT2D eigenvalue weighted by Gasteiger charge is 2.43. The number of carbonyl (C=O) groups excluding carboxylic acids is 1. The van der Waals surface area contributed by atoms with Crippen molar-refractivity contribution in [2.75, 3.05) is 35.7 Å². The Hall–Kier alpha value is -1.69. The third-order valence-corrected chi connectivity index (χ3v) is 5.70. The van der Waals surface area contributed by atoms with E-state index in [2.05, 4.69) is 20.0 Å². The van der Waals surface area contributed by atoms with Crippen LogP contribution < -0.4 is 24.8 Å². The molecule has 12 heteroatoms. The van der Waals surface area contributed by atoms with E-state index in [9.17, 15) is 13.2 Å². The second-order valence-electron chi connectivity index (χ2n) is 7.11. The number of hydrogen-bond acceptors (Lipinski definition) is 7. The summed E-state index contributed by atoms with van der Waals surface area (Å²) in [5.41, 5.74) is -1.54. The van der Waals surface area contributed by atoms with Crippen molar-refractivity contribution in [3.8, 4) is 5.75 Å². The number of anilines is 2. The average Bonchev–Trinajstić information content (AvgIpc) is 2.98. The molecular formula is C14H21ClN6O4S. The summed E-state index contributed by atoms with van der Waals surface area (Å²) in [4.78, 5) is 22.3. The number of alkyl halides is 1. The van der Waals surface area contributed by atoms with E-state index in [1.54, 1.807) is 13.8 Å². The van der Waals surface area contributed by atoms with Gasteiger partial charge in [0.15, 0.2) is 17.2 Å². The lowest BCUT2D eigenvalue weighted by molar-refractivity contribution is -0.129. The van der Waals surface area contributed by atoms with Crippen LogP contribution in [0.3, 0.4) is 0 Å². The van der Waals surface area contributed by atoms with Crippen LogP contribution in [0.2, 0.25) is 0 Å². The molecule has 3 heterocycles. The summed E-state index contributed by atoms with van der Waals surface area (Å²) in [5.74, 6) is 1.20. The second kappa shape index (κ2) is 6.48. The predicted molar refractivity (Wildman–Crippen MR) is 96.5 cm³/mol. The Morgan fingerprint density at radius 2 is 2.19 bits per heavy atom. The molecule has 2 aliphatic rings. The monoisotopic (exact) mass is 404 g/mol. The van der Waals surface area contributed by atoms with Crippen molar-refractivity contribution in [3.05, 3.63) is 6.33 Å². The van der Waals surface area contributed by atoms with E-state index in [1.165, 1.54) is 6.33 Å². The van der Waals surface area contributed by atoms with Crippen LogP contribution in [0.15, 0.2) is 6.33 Å². The van der Waals surface area contributed by atoms with Crippen LogP contribution in [-0.4, -0.2) is 55.4 Å². The number of amides is 1. The van der Waals surface area contributed by atoms with Crippen LogP contribution >= 0.6 is 11.6 Å². The summed E-state index contributed by atoms with van der Waals surface area (Å²) >= 11 is 6.13. The molecule has 26 heavy (non-hydrogen) atoms. The first kappa shape index (κ1) is 19.1. The number of hydrogen-bond donors (Lipinski definition) is 3. The number of ether oxygens (including phenoxy) is 1. The number of nitrogens with two attached hydrogens (primary N) is 1. The molecule has 1 amide bonds. The Balaban J connectivity index is 1.86. The van der Waals surface area contributed by atoms with Gasteiger partial charge in [0, 0.05) is 30.9 Å². The van der Waals surface area contributed by atoms with E-state index in [0.717, 1.165) is 0 Å². The van der Waals surface area contributed by atoms with Gasteiger partial charge in [-0.05, 0) is 20.3 Å². The van der Waals surface area contributed by atoms with Gasteiger partial charge in [-0.1, -0.05) is 0 Å². The summed E-state index contributed by atoms with van der Waals surface area (Å²) in [7, 11) is -3.80. The van der Waals surface area contributed by atoms with Crippen LogP contribution in [-0.2, 0) is 15.0 Å². The Morgan fingerprint density at radius 3 is 2.85 bits per heavy atom. The number of fused-ring (bicyclic) bond motifs is 1. The highest BCUT2D eigenvalue weighted by atomic mass is 35.5. The molecule has 2 aliphatic heterocycles. The lowest BCUT2D eigenvalue weighted by Gasteiger charge is -2.33. The molecule has 4 N–H and O–H groups in total. The summed E-state index contributed by atoms with van der Waals surface area (Å²) in [6.07, 6.45) is 1.99. The Morgan fingerprint density at radius 1 is 1.46 bits per heavy atom. The smallest absolute Gasteiger partial charge is 0.274 e. The lowest BCUT2D eigenvalue weighted by atomic mass is 9.90. The van der Waals surface area contributed by atoms with E-state index in [-0.39, 0.29) is 18.3 Å². The standard InChI is InChI=1S/C14H21ClN6O4S/c1-13(2)12(22)20-10-9(25-13)11(18-8-17-10)21-4-3-14(5-15,7-21)6-19-26(16,23)24/h8,19H,3-7H2,1-2H3,(H2,16,23,24)(H,17,18,20,22). The van der Waals surface area contributed by atoms with Gasteiger partial charge in [0.1, 0.15) is 6.33 Å². The maximum Gasteiger partial charge on any atom is 0.274 e. The minimum Gasteiger partial charge on any atom is -0.470 e. The fourth-order valence-corrected chi connectivity index (χ4v) is 3.82. The van der Waals surface area contributed by atoms with Crippen molar-refractivity contribution in [2.45, 2.75) is 25.9 Å². The van der Waals surface area contributed by atoms with Gasteiger partial charge in [0.2, 0.25) is 5.75 Å². The lowest BCUT2D eigenvalue weighted by Crippen LogP contribution is -2.46. The Labute approximate surface area is 156 Å². The predicted octanol–water partition coefficient (Wildman–Crippen LogP) is -0.185. The quantitative estimate of drug-likeness (QED) is 0.578. The van der Waals surface area contributed by atoms with Crippen molar-refractivity contribution >= 4 is 39.4 Å². The van der Waals surface area contributed by atoms with Gasteiger partial charge in [0.05, 0.1) is 0 Å². The van der Waals surface area contributed by atoms with Gasteiger partial charge in [-0.2, -0.15) is 8.42 Å². The summed E-state index contributed by atoms with van der Waals surface area (Å²) in [5, 5.41) is 7.75. The van der Waals surface area contributed by atoms with Crippen molar-refractivity contribution in [1.29, 1.82) is 0 Å². The van der Waals surface area contributed by atoms with Crippen LogP contribution in [0.5, 0.6) is 5.75 Å². The van der Waals surface area contributed by atoms with E-state index in [1.807, 2.05) is 4.90 Å². The molecule has 1 fully saturated rings. The zero-order valence-electron chi connectivity index (χ0n) is 14.5. The van der Waals surface area contributed by atoms with Crippen molar-refractivity contribution in [1.82, 2.24) is 14.7 Å². The highest BCUT2D eigenvalue weighted by molar-refractivity contribution is 7.87. The van der Waals surface area contributed by atoms with Gasteiger partial charge in [-0.15, -0.1) is 11.6 Å². The molecule has 0 aliphatic carbocycles. The fraction of sp³-hybridized carbons (Fsp3) is 0.643. The number of nitrogens with zero attached hydrogens (tertiary/aromatic N) is 3. The molecule has 10 nitrogen and oxygen atoms in total. The van der Waals surface area contributed by atoms with Gasteiger partial charge in [-0.25, -0.2) is 19.8 Å². The number of aromatic nitrogens is 2. The maximum atomic E-state index is 12.0. The fourth-order valence-electron chi connectivity index (χ4n) is 3.00. The molecule has 0 spiro atoms. The third-order valence-electron chi connectivity index (χ3n) is 4.59.